The van der Waals surface area contributed by atoms with E-state index in [0.29, 0.717) is 17.1 Å². The number of rotatable bonds is 4. The van der Waals surface area contributed by atoms with Crippen molar-refractivity contribution in [3.8, 4) is 0 Å². The van der Waals surface area contributed by atoms with Gasteiger partial charge in [-0.15, -0.1) is 0 Å². The van der Waals surface area contributed by atoms with Gasteiger partial charge >= 0.3 is 0 Å². The second-order valence-electron chi connectivity index (χ2n) is 4.08. The van der Waals surface area contributed by atoms with E-state index in [-0.39, 0.29) is 15.8 Å². The fourth-order valence-electron chi connectivity index (χ4n) is 1.44. The summed E-state index contributed by atoms with van der Waals surface area (Å²) in [6, 6.07) is 1.31. The Morgan fingerprint density at radius 3 is 2.55 bits per heavy atom. The molecule has 0 amide bonds. The van der Waals surface area contributed by atoms with Crippen LogP contribution < -0.4 is 10.0 Å². The molecule has 0 aromatic carbocycles. The van der Waals surface area contributed by atoms with Gasteiger partial charge in [0.15, 0.2) is 0 Å². The zero-order valence-corrected chi connectivity index (χ0v) is 12.6. The van der Waals surface area contributed by atoms with Crippen LogP contribution in [0.25, 0.3) is 0 Å². The minimum absolute atomic E-state index is 0.0602. The first-order valence-electron chi connectivity index (χ1n) is 5.64. The second-order valence-corrected chi connectivity index (χ2v) is 6.17. The summed E-state index contributed by atoms with van der Waals surface area (Å²) in [7, 11) is -2.19. The Bertz CT molecular complexity index is 742. The first-order valence-corrected chi connectivity index (χ1v) is 7.50. The van der Waals surface area contributed by atoms with Crippen molar-refractivity contribution in [2.45, 2.75) is 18.7 Å². The highest BCUT2D eigenvalue weighted by Crippen LogP contribution is 2.25. The Kier molecular flexibility index (Phi) is 3.87. The molecule has 0 saturated heterocycles. The van der Waals surface area contributed by atoms with E-state index in [1.54, 1.807) is 20.9 Å². The summed E-state index contributed by atoms with van der Waals surface area (Å²) in [6.45, 7) is 3.43. The molecule has 2 aromatic rings. The molecule has 0 spiro atoms. The number of hydrogen-bond acceptors (Lipinski definition) is 6. The minimum Gasteiger partial charge on any atom is -0.372 e. The molecule has 108 valence electrons. The van der Waals surface area contributed by atoms with Gasteiger partial charge in [-0.05, 0) is 19.9 Å². The molecule has 0 unspecified atom stereocenters. The predicted octanol–water partition coefficient (Wildman–Crippen LogP) is 2.18. The van der Waals surface area contributed by atoms with Crippen LogP contribution in [0.1, 0.15) is 11.3 Å². The topological polar surface area (TPSA) is 97.1 Å². The minimum atomic E-state index is -3.83. The maximum atomic E-state index is 12.2. The number of nitrogens with one attached hydrogen (secondary N) is 2. The molecule has 2 heterocycles. The smallest absolute Gasteiger partial charge is 0.265 e. The first-order chi connectivity index (χ1) is 9.35. The maximum absolute atomic E-state index is 12.2. The maximum Gasteiger partial charge on any atom is 0.265 e. The lowest BCUT2D eigenvalue weighted by atomic mass is 10.3. The average Bonchev–Trinajstić information content (AvgIpc) is 2.70. The average molecular weight is 317 g/mol. The van der Waals surface area contributed by atoms with Gasteiger partial charge in [-0.25, -0.2) is 18.1 Å². The van der Waals surface area contributed by atoms with E-state index >= 15 is 0 Å². The molecule has 20 heavy (non-hydrogen) atoms. The first kappa shape index (κ1) is 14.6. The second kappa shape index (κ2) is 5.29. The summed E-state index contributed by atoms with van der Waals surface area (Å²) in [5, 5.41) is 6.64. The standard InChI is InChI=1S/C11H13ClN4O3S/c1-6-7(2)15-19-11(6)16-20(17,18)8-4-9(12)10(13-3)14-5-8/h4-5,16H,1-3H3,(H,13,14). The lowest BCUT2D eigenvalue weighted by Gasteiger charge is -2.07. The number of hydrogen-bond donors (Lipinski definition) is 2. The van der Waals surface area contributed by atoms with Gasteiger partial charge in [-0.3, -0.25) is 0 Å². The molecular formula is C11H13ClN4O3S. The third-order valence-corrected chi connectivity index (χ3v) is 4.33. The van der Waals surface area contributed by atoms with Crippen LogP contribution in [0.5, 0.6) is 0 Å². The van der Waals surface area contributed by atoms with Gasteiger partial charge in [0.2, 0.25) is 5.88 Å². The van der Waals surface area contributed by atoms with Crippen LogP contribution in [-0.4, -0.2) is 25.6 Å². The number of nitrogens with zero attached hydrogens (tertiary/aromatic N) is 2. The molecule has 0 saturated carbocycles. The molecule has 2 aromatic heterocycles. The van der Waals surface area contributed by atoms with Crippen LogP contribution in [0, 0.1) is 13.8 Å². The van der Waals surface area contributed by atoms with E-state index in [0.717, 1.165) is 0 Å². The number of pyridine rings is 1. The third kappa shape index (κ3) is 2.70. The number of anilines is 2. The van der Waals surface area contributed by atoms with E-state index in [9.17, 15) is 8.42 Å². The Hall–Kier alpha value is -1.80. The van der Waals surface area contributed by atoms with Crippen molar-refractivity contribution in [2.24, 2.45) is 0 Å². The van der Waals surface area contributed by atoms with Crippen LogP contribution in [-0.2, 0) is 10.0 Å². The lowest BCUT2D eigenvalue weighted by molar-refractivity contribution is 0.430. The molecule has 0 bridgehead atoms. The number of halogens is 1. The zero-order chi connectivity index (χ0) is 14.9. The zero-order valence-electron chi connectivity index (χ0n) is 11.1. The van der Waals surface area contributed by atoms with Crippen molar-refractivity contribution in [1.29, 1.82) is 0 Å². The number of aromatic nitrogens is 2. The predicted molar refractivity (Wildman–Crippen MR) is 75.6 cm³/mol. The Labute approximate surface area is 121 Å². The van der Waals surface area contributed by atoms with E-state index in [2.05, 4.69) is 20.2 Å². The van der Waals surface area contributed by atoms with Gasteiger partial charge in [0.25, 0.3) is 10.0 Å². The van der Waals surface area contributed by atoms with Crippen molar-refractivity contribution in [3.05, 3.63) is 28.5 Å². The Morgan fingerprint density at radius 2 is 2.05 bits per heavy atom. The van der Waals surface area contributed by atoms with E-state index in [1.807, 2.05) is 0 Å². The summed E-state index contributed by atoms with van der Waals surface area (Å²) in [4.78, 5) is 3.86. The molecular weight excluding hydrogens is 304 g/mol. The van der Waals surface area contributed by atoms with Gasteiger partial charge < -0.3 is 9.84 Å². The summed E-state index contributed by atoms with van der Waals surface area (Å²) in [5.41, 5.74) is 1.24. The summed E-state index contributed by atoms with van der Waals surface area (Å²) < 4.78 is 31.6. The normalized spacial score (nSPS) is 11.4. The molecule has 2 N–H and O–H groups in total. The molecule has 0 radical (unpaired) electrons. The fourth-order valence-corrected chi connectivity index (χ4v) is 2.79. The molecule has 0 fully saturated rings. The Morgan fingerprint density at radius 1 is 1.35 bits per heavy atom. The molecule has 2 rings (SSSR count). The van der Waals surface area contributed by atoms with Gasteiger partial charge in [0.05, 0.1) is 10.7 Å². The largest absolute Gasteiger partial charge is 0.372 e. The number of aryl methyl sites for hydroxylation is 1. The third-order valence-electron chi connectivity index (χ3n) is 2.75. The molecule has 0 aliphatic heterocycles. The van der Waals surface area contributed by atoms with E-state index in [4.69, 9.17) is 16.1 Å². The van der Waals surface area contributed by atoms with E-state index in [1.165, 1.54) is 12.3 Å². The van der Waals surface area contributed by atoms with Gasteiger partial charge in [0.1, 0.15) is 10.7 Å². The van der Waals surface area contributed by atoms with Crippen LogP contribution in [0.15, 0.2) is 21.7 Å². The summed E-state index contributed by atoms with van der Waals surface area (Å²) in [5.74, 6) is 0.480. The molecule has 7 nitrogen and oxygen atoms in total. The van der Waals surface area contributed by atoms with Crippen LogP contribution in [0.2, 0.25) is 5.02 Å². The molecule has 0 aliphatic rings. The summed E-state index contributed by atoms with van der Waals surface area (Å²) in [6.07, 6.45) is 1.21. The highest BCUT2D eigenvalue weighted by atomic mass is 35.5. The Balaban J connectivity index is 2.36. The fraction of sp³-hybridized carbons (Fsp3) is 0.273. The number of sulfonamides is 1. The van der Waals surface area contributed by atoms with Crippen LogP contribution in [0.3, 0.4) is 0 Å². The van der Waals surface area contributed by atoms with Crippen molar-refractivity contribution >= 4 is 33.3 Å². The molecule has 0 aliphatic carbocycles. The van der Waals surface area contributed by atoms with Crippen LogP contribution >= 0.6 is 11.6 Å². The lowest BCUT2D eigenvalue weighted by Crippen LogP contribution is -2.13. The van der Waals surface area contributed by atoms with Crippen LogP contribution in [0.4, 0.5) is 11.7 Å². The monoisotopic (exact) mass is 316 g/mol. The van der Waals surface area contributed by atoms with Gasteiger partial charge in [0, 0.05) is 18.8 Å². The van der Waals surface area contributed by atoms with Crippen molar-refractivity contribution in [3.63, 3.8) is 0 Å². The van der Waals surface area contributed by atoms with E-state index < -0.39 is 10.0 Å². The van der Waals surface area contributed by atoms with Crippen molar-refractivity contribution < 1.29 is 12.9 Å². The van der Waals surface area contributed by atoms with Gasteiger partial charge in [-0.1, -0.05) is 16.8 Å². The molecule has 0 atom stereocenters. The van der Waals surface area contributed by atoms with Gasteiger partial charge in [-0.2, -0.15) is 0 Å². The molecule has 9 heteroatoms. The summed E-state index contributed by atoms with van der Waals surface area (Å²) >= 11 is 5.92. The van der Waals surface area contributed by atoms with Crippen molar-refractivity contribution in [2.75, 3.05) is 17.1 Å². The highest BCUT2D eigenvalue weighted by molar-refractivity contribution is 7.92. The SMILES string of the molecule is CNc1ncc(S(=O)(=O)Nc2onc(C)c2C)cc1Cl. The highest BCUT2D eigenvalue weighted by Gasteiger charge is 2.20. The van der Waals surface area contributed by atoms with Crippen molar-refractivity contribution in [1.82, 2.24) is 10.1 Å². The quantitative estimate of drug-likeness (QED) is 0.897.